The number of unbranched alkanes of at least 4 members (excludes halogenated alkanes) is 1. The number of rotatable bonds is 7. The topological polar surface area (TPSA) is 79.4 Å². The summed E-state index contributed by atoms with van der Waals surface area (Å²) in [4.78, 5) is 41.8. The number of aryl methyl sites for hydroxylation is 1. The van der Waals surface area contributed by atoms with E-state index in [1.807, 2.05) is 25.3 Å². The Morgan fingerprint density at radius 3 is 2.82 bits per heavy atom. The number of pyridine rings is 1. The number of carbonyl (C=O) groups is 3. The maximum atomic E-state index is 12.7. The molecule has 1 aromatic rings. The van der Waals surface area contributed by atoms with Gasteiger partial charge in [-0.15, -0.1) is 0 Å². The number of nitrogens with zero attached hydrogens (tertiary/aromatic N) is 2. The standard InChI is InChI=1S/C22H29N3O3/c1-4-22(2,3)21(28)20(27)18-12-9-15-24-25(18)19(26)13-7-5-6-10-17-11-8-14-23-16-17/h8,11,14,16,18,24H,4-6,9-10,12,15H2,1-3H3. The summed E-state index contributed by atoms with van der Waals surface area (Å²) in [6.07, 6.45) is 7.59. The van der Waals surface area contributed by atoms with Gasteiger partial charge < -0.3 is 0 Å². The number of hydrazine groups is 1. The molecule has 2 heterocycles. The first-order chi connectivity index (χ1) is 13.4. The van der Waals surface area contributed by atoms with E-state index < -0.39 is 28.9 Å². The Bertz CT molecular complexity index is 762. The fourth-order valence-corrected chi connectivity index (χ4v) is 2.97. The number of hydrogen-bond acceptors (Lipinski definition) is 5. The Labute approximate surface area is 167 Å². The summed E-state index contributed by atoms with van der Waals surface area (Å²) in [6, 6.07) is 3.13. The molecule has 0 aromatic carbocycles. The van der Waals surface area contributed by atoms with E-state index in [9.17, 15) is 14.4 Å². The summed E-state index contributed by atoms with van der Waals surface area (Å²) in [6.45, 7) is 5.99. The number of hydrogen-bond donors (Lipinski definition) is 1. The number of carbonyl (C=O) groups excluding carboxylic acids is 3. The third-order valence-electron chi connectivity index (χ3n) is 5.18. The van der Waals surface area contributed by atoms with Gasteiger partial charge in [-0.05, 0) is 49.7 Å². The van der Waals surface area contributed by atoms with E-state index in [-0.39, 0.29) is 0 Å². The predicted octanol–water partition coefficient (Wildman–Crippen LogP) is 2.48. The molecule has 0 radical (unpaired) electrons. The maximum Gasteiger partial charge on any atom is 0.313 e. The number of Topliss-reactive ketones (excluding diaryl/α,β-unsaturated/α-hetero) is 2. The van der Waals surface area contributed by atoms with Crippen LogP contribution in [0.25, 0.3) is 0 Å². The van der Waals surface area contributed by atoms with Gasteiger partial charge >= 0.3 is 5.91 Å². The van der Waals surface area contributed by atoms with E-state index >= 15 is 0 Å². The third-order valence-corrected chi connectivity index (χ3v) is 5.18. The van der Waals surface area contributed by atoms with Gasteiger partial charge in [0.25, 0.3) is 0 Å². The Balaban J connectivity index is 1.95. The van der Waals surface area contributed by atoms with E-state index in [1.165, 1.54) is 5.01 Å². The Kier molecular flexibility index (Phi) is 7.89. The minimum absolute atomic E-state index is 0.425. The highest BCUT2D eigenvalue weighted by atomic mass is 16.2. The molecule has 6 heteroatoms. The van der Waals surface area contributed by atoms with Crippen molar-refractivity contribution in [1.82, 2.24) is 15.4 Å². The molecule has 6 nitrogen and oxygen atoms in total. The molecular weight excluding hydrogens is 354 g/mol. The molecule has 1 N–H and O–H groups in total. The number of amides is 1. The van der Waals surface area contributed by atoms with Gasteiger partial charge in [-0.1, -0.05) is 32.8 Å². The van der Waals surface area contributed by atoms with Crippen LogP contribution in [0.5, 0.6) is 0 Å². The lowest BCUT2D eigenvalue weighted by Crippen LogP contribution is -2.58. The zero-order valence-electron chi connectivity index (χ0n) is 17.0. The molecule has 1 aliphatic heterocycles. The van der Waals surface area contributed by atoms with Crippen molar-refractivity contribution in [1.29, 1.82) is 0 Å². The minimum atomic E-state index is -0.774. The number of aromatic nitrogens is 1. The molecular formula is C22H29N3O3. The van der Waals surface area contributed by atoms with Crippen molar-refractivity contribution in [2.45, 2.75) is 65.3 Å². The number of nitrogens with one attached hydrogen (secondary N) is 1. The van der Waals surface area contributed by atoms with Crippen LogP contribution in [0, 0.1) is 17.3 Å². The first kappa shape index (κ1) is 21.8. The minimum Gasteiger partial charge on any atom is -0.290 e. The Morgan fingerprint density at radius 2 is 2.14 bits per heavy atom. The summed E-state index contributed by atoms with van der Waals surface area (Å²) >= 11 is 0. The average Bonchev–Trinajstić information content (AvgIpc) is 2.73. The molecule has 1 fully saturated rings. The molecule has 0 aliphatic carbocycles. The van der Waals surface area contributed by atoms with E-state index in [0.29, 0.717) is 25.8 Å². The van der Waals surface area contributed by atoms with Gasteiger partial charge in [0.1, 0.15) is 6.04 Å². The highest BCUT2D eigenvalue weighted by Crippen LogP contribution is 2.24. The molecule has 1 aliphatic rings. The Morgan fingerprint density at radius 1 is 1.36 bits per heavy atom. The monoisotopic (exact) mass is 383 g/mol. The summed E-state index contributed by atoms with van der Waals surface area (Å²) in [5.74, 6) is 4.10. The molecule has 150 valence electrons. The van der Waals surface area contributed by atoms with Crippen LogP contribution < -0.4 is 5.43 Å². The van der Waals surface area contributed by atoms with Crippen LogP contribution in [0.2, 0.25) is 0 Å². The zero-order chi connectivity index (χ0) is 20.6. The molecule has 0 bridgehead atoms. The van der Waals surface area contributed by atoms with Crippen LogP contribution in [0.3, 0.4) is 0 Å². The maximum absolute atomic E-state index is 12.7. The highest BCUT2D eigenvalue weighted by Gasteiger charge is 2.40. The molecule has 0 spiro atoms. The van der Waals surface area contributed by atoms with Crippen molar-refractivity contribution in [2.24, 2.45) is 5.41 Å². The van der Waals surface area contributed by atoms with Crippen LogP contribution >= 0.6 is 0 Å². The van der Waals surface area contributed by atoms with Crippen molar-refractivity contribution < 1.29 is 14.4 Å². The molecule has 1 unspecified atom stereocenters. The van der Waals surface area contributed by atoms with Crippen molar-refractivity contribution in [3.05, 3.63) is 30.1 Å². The van der Waals surface area contributed by atoms with Gasteiger partial charge in [-0.2, -0.15) is 0 Å². The van der Waals surface area contributed by atoms with Gasteiger partial charge in [0.05, 0.1) is 0 Å². The number of ketones is 2. The molecule has 1 aromatic heterocycles. The molecule has 1 amide bonds. The fraction of sp³-hybridized carbons (Fsp3) is 0.545. The normalized spacial score (nSPS) is 16.8. The summed E-state index contributed by atoms with van der Waals surface area (Å²) in [7, 11) is 0. The second-order valence-corrected chi connectivity index (χ2v) is 7.69. The smallest absolute Gasteiger partial charge is 0.290 e. The van der Waals surface area contributed by atoms with Crippen molar-refractivity contribution in [2.75, 3.05) is 6.54 Å². The van der Waals surface area contributed by atoms with Gasteiger partial charge in [0.2, 0.25) is 11.6 Å². The quantitative estimate of drug-likeness (QED) is 0.445. The fourth-order valence-electron chi connectivity index (χ4n) is 2.97. The molecule has 1 saturated heterocycles. The van der Waals surface area contributed by atoms with Gasteiger partial charge in [-0.3, -0.25) is 24.4 Å². The lowest BCUT2D eigenvalue weighted by molar-refractivity contribution is -0.150. The van der Waals surface area contributed by atoms with E-state index in [1.54, 1.807) is 20.0 Å². The SMILES string of the molecule is CCC(C)(C)C(=O)C(=O)C1CCCNN1C(=O)C#CCCCc1cccnc1. The lowest BCUT2D eigenvalue weighted by atomic mass is 9.81. The summed E-state index contributed by atoms with van der Waals surface area (Å²) in [5.41, 5.74) is 3.36. The van der Waals surface area contributed by atoms with Crippen LogP contribution in [-0.2, 0) is 20.8 Å². The largest absolute Gasteiger partial charge is 0.313 e. The molecule has 2 rings (SSSR count). The second kappa shape index (κ2) is 10.1. The van der Waals surface area contributed by atoms with E-state index in [0.717, 1.165) is 24.8 Å². The highest BCUT2D eigenvalue weighted by molar-refractivity contribution is 6.41. The van der Waals surface area contributed by atoms with Crippen LogP contribution in [0.1, 0.15) is 58.4 Å². The van der Waals surface area contributed by atoms with E-state index in [2.05, 4.69) is 22.3 Å². The van der Waals surface area contributed by atoms with Crippen LogP contribution in [-0.4, -0.2) is 40.1 Å². The predicted molar refractivity (Wildman–Crippen MR) is 107 cm³/mol. The van der Waals surface area contributed by atoms with Crippen molar-refractivity contribution in [3.8, 4) is 11.8 Å². The molecule has 28 heavy (non-hydrogen) atoms. The van der Waals surface area contributed by atoms with Crippen LogP contribution in [0.15, 0.2) is 24.5 Å². The molecule has 0 saturated carbocycles. The van der Waals surface area contributed by atoms with Crippen LogP contribution in [0.4, 0.5) is 0 Å². The molecule has 1 atom stereocenters. The van der Waals surface area contributed by atoms with Gasteiger partial charge in [0.15, 0.2) is 0 Å². The van der Waals surface area contributed by atoms with E-state index in [4.69, 9.17) is 0 Å². The first-order valence-electron chi connectivity index (χ1n) is 9.90. The zero-order valence-corrected chi connectivity index (χ0v) is 17.0. The Hall–Kier alpha value is -2.52. The van der Waals surface area contributed by atoms with Gasteiger partial charge in [-0.25, -0.2) is 5.43 Å². The first-order valence-corrected chi connectivity index (χ1v) is 9.90. The lowest BCUT2D eigenvalue weighted by Gasteiger charge is -2.34. The second-order valence-electron chi connectivity index (χ2n) is 7.69. The average molecular weight is 383 g/mol. The third kappa shape index (κ3) is 5.74. The van der Waals surface area contributed by atoms with Crippen molar-refractivity contribution >= 4 is 17.5 Å². The summed E-state index contributed by atoms with van der Waals surface area (Å²) in [5, 5.41) is 1.25. The van der Waals surface area contributed by atoms with Gasteiger partial charge in [0, 0.05) is 30.8 Å². The summed E-state index contributed by atoms with van der Waals surface area (Å²) < 4.78 is 0. The van der Waals surface area contributed by atoms with Crippen molar-refractivity contribution in [3.63, 3.8) is 0 Å².